The molecule has 108 valence electrons. The third-order valence-electron chi connectivity index (χ3n) is 3.52. The van der Waals surface area contributed by atoms with Crippen molar-refractivity contribution >= 4 is 38.9 Å². The lowest BCUT2D eigenvalue weighted by atomic mass is 10.0. The van der Waals surface area contributed by atoms with Gasteiger partial charge >= 0.3 is 0 Å². The quantitative estimate of drug-likeness (QED) is 0.785. The van der Waals surface area contributed by atoms with Crippen molar-refractivity contribution in [1.82, 2.24) is 5.01 Å². The summed E-state index contributed by atoms with van der Waals surface area (Å²) in [5.74, 6) is 0.0699. The molecule has 0 N–H and O–H groups in total. The molecule has 1 aromatic carbocycles. The van der Waals surface area contributed by atoms with E-state index in [1.54, 1.807) is 16.3 Å². The summed E-state index contributed by atoms with van der Waals surface area (Å²) in [5.41, 5.74) is 2.05. The first-order valence-corrected chi connectivity index (χ1v) is 8.55. The van der Waals surface area contributed by atoms with Crippen LogP contribution in [0.2, 0.25) is 0 Å². The first-order chi connectivity index (χ1) is 10.2. The minimum absolute atomic E-state index is 0.0381. The molecular weight excluding hydrogens is 348 g/mol. The molecule has 1 aliphatic heterocycles. The summed E-state index contributed by atoms with van der Waals surface area (Å²) in [6.07, 6.45) is 1.24. The fraction of sp³-hybridized carbons (Fsp3) is 0.250. The Bertz CT molecular complexity index is 664. The zero-order valence-corrected chi connectivity index (χ0v) is 14.0. The monoisotopic (exact) mass is 362 g/mol. The lowest BCUT2D eigenvalue weighted by molar-refractivity contribution is -0.132. The molecule has 3 nitrogen and oxygen atoms in total. The molecule has 3 rings (SSSR count). The van der Waals surface area contributed by atoms with Gasteiger partial charge in [-0.2, -0.15) is 5.10 Å². The molecule has 0 saturated carbocycles. The molecule has 21 heavy (non-hydrogen) atoms. The molecule has 0 spiro atoms. The number of benzene rings is 1. The number of halogens is 1. The third-order valence-corrected chi connectivity index (χ3v) is 5.02. The maximum absolute atomic E-state index is 12.2. The van der Waals surface area contributed by atoms with Crippen LogP contribution in [0.5, 0.6) is 0 Å². The number of nitrogens with zero attached hydrogens (tertiary/aromatic N) is 2. The van der Waals surface area contributed by atoms with Gasteiger partial charge in [-0.3, -0.25) is 4.79 Å². The highest BCUT2D eigenvalue weighted by Gasteiger charge is 2.32. The van der Waals surface area contributed by atoms with Crippen LogP contribution in [0.15, 0.2) is 51.4 Å². The Kier molecular flexibility index (Phi) is 4.22. The number of carbonyl (C=O) groups excluding carboxylic acids is 1. The van der Waals surface area contributed by atoms with E-state index in [0.717, 1.165) is 22.2 Å². The van der Waals surface area contributed by atoms with Crippen molar-refractivity contribution in [3.05, 3.63) is 56.7 Å². The predicted molar refractivity (Wildman–Crippen MR) is 89.5 cm³/mol. The van der Waals surface area contributed by atoms with Crippen molar-refractivity contribution in [3.63, 3.8) is 0 Å². The molecule has 0 radical (unpaired) electrons. The average Bonchev–Trinajstić information content (AvgIpc) is 3.16. The van der Waals surface area contributed by atoms with Crippen LogP contribution in [0, 0.1) is 0 Å². The van der Waals surface area contributed by atoms with Gasteiger partial charge in [-0.1, -0.05) is 41.1 Å². The van der Waals surface area contributed by atoms with E-state index in [1.807, 2.05) is 42.6 Å². The molecule has 0 unspecified atom stereocenters. The second-order valence-corrected chi connectivity index (χ2v) is 6.78. The van der Waals surface area contributed by atoms with Crippen LogP contribution in [-0.4, -0.2) is 16.6 Å². The lowest BCUT2D eigenvalue weighted by Crippen LogP contribution is -2.25. The van der Waals surface area contributed by atoms with E-state index in [0.29, 0.717) is 6.42 Å². The number of rotatable bonds is 3. The zero-order chi connectivity index (χ0) is 14.8. The van der Waals surface area contributed by atoms with Crippen molar-refractivity contribution in [2.24, 2.45) is 5.10 Å². The van der Waals surface area contributed by atoms with Crippen molar-refractivity contribution < 1.29 is 4.79 Å². The largest absolute Gasteiger partial charge is 0.273 e. The summed E-state index contributed by atoms with van der Waals surface area (Å²) in [7, 11) is 0. The van der Waals surface area contributed by atoms with E-state index in [1.165, 1.54) is 4.88 Å². The Labute approximate surface area is 136 Å². The van der Waals surface area contributed by atoms with Crippen molar-refractivity contribution in [1.29, 1.82) is 0 Å². The lowest BCUT2D eigenvalue weighted by Gasteiger charge is -2.19. The standard InChI is InChI=1S/C16H15BrN2OS/c1-2-16(20)19-14(15-4-3-9-21-15)10-13(18-19)11-5-7-12(17)8-6-11/h3-9,14H,2,10H2,1H3/t14-/m1/s1. The number of hydrazone groups is 1. The summed E-state index contributed by atoms with van der Waals surface area (Å²) < 4.78 is 1.04. The van der Waals surface area contributed by atoms with Crippen LogP contribution in [0.4, 0.5) is 0 Å². The smallest absolute Gasteiger partial charge is 0.243 e. The molecular formula is C16H15BrN2OS. The van der Waals surface area contributed by atoms with Crippen LogP contribution in [-0.2, 0) is 4.79 Å². The van der Waals surface area contributed by atoms with Crippen LogP contribution >= 0.6 is 27.3 Å². The highest BCUT2D eigenvalue weighted by Crippen LogP contribution is 2.35. The van der Waals surface area contributed by atoms with Gasteiger partial charge < -0.3 is 0 Å². The molecule has 1 aromatic heterocycles. The Hall–Kier alpha value is -1.46. The minimum atomic E-state index is 0.0381. The molecule has 1 atom stereocenters. The van der Waals surface area contributed by atoms with Gasteiger partial charge in [0.05, 0.1) is 11.8 Å². The Morgan fingerprint density at radius 1 is 1.38 bits per heavy atom. The van der Waals surface area contributed by atoms with E-state index in [-0.39, 0.29) is 11.9 Å². The van der Waals surface area contributed by atoms with Gasteiger partial charge in [0.15, 0.2) is 0 Å². The minimum Gasteiger partial charge on any atom is -0.273 e. The predicted octanol–water partition coefficient (Wildman–Crippen LogP) is 4.60. The number of thiophene rings is 1. The van der Waals surface area contributed by atoms with Gasteiger partial charge in [0.25, 0.3) is 0 Å². The van der Waals surface area contributed by atoms with Gasteiger partial charge in [0, 0.05) is 22.2 Å². The fourth-order valence-corrected chi connectivity index (χ4v) is 3.50. The Morgan fingerprint density at radius 3 is 2.76 bits per heavy atom. The molecule has 0 saturated heterocycles. The van der Waals surface area contributed by atoms with Gasteiger partial charge in [-0.25, -0.2) is 5.01 Å². The molecule has 0 bridgehead atoms. The SMILES string of the molecule is CCC(=O)N1N=C(c2ccc(Br)cc2)C[C@@H]1c1cccs1. The molecule has 2 aromatic rings. The molecule has 0 aliphatic carbocycles. The third kappa shape index (κ3) is 2.94. The maximum Gasteiger partial charge on any atom is 0.243 e. The average molecular weight is 363 g/mol. The maximum atomic E-state index is 12.2. The van der Waals surface area contributed by atoms with E-state index < -0.39 is 0 Å². The highest BCUT2D eigenvalue weighted by atomic mass is 79.9. The summed E-state index contributed by atoms with van der Waals surface area (Å²) in [4.78, 5) is 13.4. The van der Waals surface area contributed by atoms with E-state index in [9.17, 15) is 4.79 Å². The Morgan fingerprint density at radius 2 is 2.14 bits per heavy atom. The number of amides is 1. The normalized spacial score (nSPS) is 17.9. The summed E-state index contributed by atoms with van der Waals surface area (Å²) in [6.45, 7) is 1.88. The summed E-state index contributed by atoms with van der Waals surface area (Å²) in [6, 6.07) is 12.2. The van der Waals surface area contributed by atoms with Crippen molar-refractivity contribution in [2.45, 2.75) is 25.8 Å². The first-order valence-electron chi connectivity index (χ1n) is 6.88. The van der Waals surface area contributed by atoms with E-state index in [4.69, 9.17) is 0 Å². The van der Waals surface area contributed by atoms with Crippen LogP contribution in [0.1, 0.15) is 36.2 Å². The van der Waals surface area contributed by atoms with Gasteiger partial charge in [-0.05, 0) is 29.1 Å². The molecule has 2 heterocycles. The molecule has 5 heteroatoms. The number of hydrogen-bond acceptors (Lipinski definition) is 3. The van der Waals surface area contributed by atoms with Gasteiger partial charge in [-0.15, -0.1) is 11.3 Å². The molecule has 0 fully saturated rings. The van der Waals surface area contributed by atoms with Crippen LogP contribution < -0.4 is 0 Å². The zero-order valence-electron chi connectivity index (χ0n) is 11.6. The second-order valence-electron chi connectivity index (χ2n) is 4.88. The summed E-state index contributed by atoms with van der Waals surface area (Å²) in [5, 5.41) is 8.29. The number of carbonyl (C=O) groups is 1. The van der Waals surface area contributed by atoms with Gasteiger partial charge in [0.1, 0.15) is 0 Å². The van der Waals surface area contributed by atoms with E-state index >= 15 is 0 Å². The topological polar surface area (TPSA) is 32.7 Å². The molecule has 1 amide bonds. The van der Waals surface area contributed by atoms with E-state index in [2.05, 4.69) is 27.1 Å². The van der Waals surface area contributed by atoms with Crippen LogP contribution in [0.25, 0.3) is 0 Å². The fourth-order valence-electron chi connectivity index (χ4n) is 2.42. The van der Waals surface area contributed by atoms with Crippen molar-refractivity contribution in [2.75, 3.05) is 0 Å². The Balaban J connectivity index is 1.93. The number of hydrogen-bond donors (Lipinski definition) is 0. The van der Waals surface area contributed by atoms with Crippen molar-refractivity contribution in [3.8, 4) is 0 Å². The summed E-state index contributed by atoms with van der Waals surface area (Å²) >= 11 is 5.12. The van der Waals surface area contributed by atoms with Crippen LogP contribution in [0.3, 0.4) is 0 Å². The molecule has 1 aliphatic rings. The first kappa shape index (κ1) is 14.5. The highest BCUT2D eigenvalue weighted by molar-refractivity contribution is 9.10. The van der Waals surface area contributed by atoms with Gasteiger partial charge in [0.2, 0.25) is 5.91 Å². The second kappa shape index (κ2) is 6.12.